The first kappa shape index (κ1) is 29.8. The van der Waals surface area contributed by atoms with Crippen molar-refractivity contribution >= 4 is 56.6 Å². The molecule has 44 heavy (non-hydrogen) atoms. The molecule has 2 heterocycles. The molecule has 1 aliphatic rings. The third-order valence-corrected chi connectivity index (χ3v) is 8.90. The molecule has 0 aliphatic carbocycles. The Labute approximate surface area is 271 Å². The molecule has 0 unspecified atom stereocenters. The summed E-state index contributed by atoms with van der Waals surface area (Å²) in [7, 11) is 0. The molecule has 0 fully saturated rings. The number of halogens is 2. The lowest BCUT2D eigenvalue weighted by atomic mass is 9.93. The van der Waals surface area contributed by atoms with Crippen LogP contribution in [0.5, 0.6) is 5.75 Å². The lowest BCUT2D eigenvalue weighted by Crippen LogP contribution is -2.40. The molecule has 0 radical (unpaired) electrons. The highest BCUT2D eigenvalue weighted by atomic mass is 79.9. The van der Waals surface area contributed by atoms with Gasteiger partial charge in [0.2, 0.25) is 0 Å². The van der Waals surface area contributed by atoms with Gasteiger partial charge in [0, 0.05) is 10.6 Å². The summed E-state index contributed by atoms with van der Waals surface area (Å²) < 4.78 is 14.3. The summed E-state index contributed by atoms with van der Waals surface area (Å²) in [5.41, 5.74) is 3.85. The van der Waals surface area contributed by atoms with E-state index in [1.165, 1.54) is 11.3 Å². The van der Waals surface area contributed by atoms with E-state index >= 15 is 0 Å². The van der Waals surface area contributed by atoms with E-state index < -0.39 is 12.0 Å². The second-order valence-electron chi connectivity index (χ2n) is 9.95. The van der Waals surface area contributed by atoms with Crippen molar-refractivity contribution in [1.29, 1.82) is 0 Å². The number of aromatic nitrogens is 1. The molecule has 1 aliphatic heterocycles. The summed E-state index contributed by atoms with van der Waals surface area (Å²) >= 11 is 11.1. The van der Waals surface area contributed by atoms with Crippen LogP contribution in [0.2, 0.25) is 5.02 Å². The molecular weight excluding hydrogens is 660 g/mol. The Morgan fingerprint density at radius 1 is 1.00 bits per heavy atom. The molecule has 6 nitrogen and oxygen atoms in total. The number of benzene rings is 4. The van der Waals surface area contributed by atoms with Crippen molar-refractivity contribution in [3.63, 3.8) is 0 Å². The van der Waals surface area contributed by atoms with Crippen molar-refractivity contribution in [3.8, 4) is 5.75 Å². The van der Waals surface area contributed by atoms with Crippen LogP contribution in [0.4, 0.5) is 0 Å². The highest BCUT2D eigenvalue weighted by Crippen LogP contribution is 2.35. The Hall–Kier alpha value is -4.24. The lowest BCUT2D eigenvalue weighted by Gasteiger charge is -2.25. The van der Waals surface area contributed by atoms with Crippen LogP contribution >= 0.6 is 38.9 Å². The Bertz CT molecular complexity index is 2040. The maximum Gasteiger partial charge on any atom is 0.338 e. The Morgan fingerprint density at radius 2 is 1.70 bits per heavy atom. The van der Waals surface area contributed by atoms with Crippen LogP contribution in [-0.2, 0) is 16.1 Å². The predicted octanol–water partition coefficient (Wildman–Crippen LogP) is 6.93. The average Bonchev–Trinajstić information content (AvgIpc) is 3.35. The number of nitrogens with zero attached hydrogens (tertiary/aromatic N) is 2. The number of carbonyl (C=O) groups excluding carboxylic acids is 1. The standard InChI is InChI=1S/C35H26BrClN2O4S/c1-2-42-34(41)30-31(24-11-7-4-8-12-24)38-35-39(32(30)25-14-16-26(37)17-15-25)33(40)29(44-35)20-23-13-18-28(27(36)19-23)43-21-22-9-5-3-6-10-22/h3-20,32H,2,21H2,1H3/t32-/m0/s1. The van der Waals surface area contributed by atoms with Crippen LogP contribution in [-0.4, -0.2) is 17.1 Å². The van der Waals surface area contributed by atoms with Gasteiger partial charge in [0.25, 0.3) is 5.56 Å². The van der Waals surface area contributed by atoms with Crippen molar-refractivity contribution in [2.75, 3.05) is 6.61 Å². The van der Waals surface area contributed by atoms with E-state index in [0.717, 1.165) is 26.7 Å². The highest BCUT2D eigenvalue weighted by Gasteiger charge is 2.35. The first-order valence-corrected chi connectivity index (χ1v) is 15.9. The molecule has 0 saturated carbocycles. The third-order valence-electron chi connectivity index (χ3n) is 7.05. The zero-order valence-corrected chi connectivity index (χ0v) is 26.7. The minimum Gasteiger partial charge on any atom is -0.488 e. The van der Waals surface area contributed by atoms with Gasteiger partial charge in [-0.2, -0.15) is 0 Å². The monoisotopic (exact) mass is 684 g/mol. The van der Waals surface area contributed by atoms with Gasteiger partial charge in [-0.15, -0.1) is 0 Å². The molecule has 0 bridgehead atoms. The molecule has 1 atom stereocenters. The number of esters is 1. The van der Waals surface area contributed by atoms with Crippen molar-refractivity contribution in [2.24, 2.45) is 4.99 Å². The number of carbonyl (C=O) groups is 1. The summed E-state index contributed by atoms with van der Waals surface area (Å²) in [5.74, 6) is 0.168. The number of ether oxygens (including phenoxy) is 2. The quantitative estimate of drug-likeness (QED) is 0.166. The molecule has 6 rings (SSSR count). The van der Waals surface area contributed by atoms with Crippen molar-refractivity contribution in [1.82, 2.24) is 4.57 Å². The topological polar surface area (TPSA) is 69.9 Å². The summed E-state index contributed by atoms with van der Waals surface area (Å²) in [6.45, 7) is 2.38. The van der Waals surface area contributed by atoms with Gasteiger partial charge in [0.15, 0.2) is 4.80 Å². The molecule has 220 valence electrons. The highest BCUT2D eigenvalue weighted by molar-refractivity contribution is 9.10. The van der Waals surface area contributed by atoms with Gasteiger partial charge in [-0.3, -0.25) is 9.36 Å². The van der Waals surface area contributed by atoms with Crippen LogP contribution in [0, 0.1) is 0 Å². The fraction of sp³-hybridized carbons (Fsp3) is 0.114. The van der Waals surface area contributed by atoms with Gasteiger partial charge in [-0.05, 0) is 69.9 Å². The predicted molar refractivity (Wildman–Crippen MR) is 177 cm³/mol. The van der Waals surface area contributed by atoms with Gasteiger partial charge in [-0.25, -0.2) is 9.79 Å². The number of hydrogen-bond acceptors (Lipinski definition) is 6. The van der Waals surface area contributed by atoms with E-state index in [4.69, 9.17) is 26.1 Å². The second kappa shape index (κ2) is 13.2. The van der Waals surface area contributed by atoms with Crippen LogP contribution in [0.15, 0.2) is 123 Å². The summed E-state index contributed by atoms with van der Waals surface area (Å²) in [6.07, 6.45) is 1.82. The van der Waals surface area contributed by atoms with Gasteiger partial charge in [0.1, 0.15) is 12.4 Å². The molecule has 1 aromatic heterocycles. The van der Waals surface area contributed by atoms with Gasteiger partial charge in [-0.1, -0.05) is 102 Å². The van der Waals surface area contributed by atoms with E-state index in [9.17, 15) is 9.59 Å². The number of thiazole rings is 1. The molecule has 0 amide bonds. The maximum atomic E-state index is 14.1. The number of hydrogen-bond donors (Lipinski definition) is 0. The van der Waals surface area contributed by atoms with Crippen molar-refractivity contribution < 1.29 is 14.3 Å². The fourth-order valence-corrected chi connectivity index (χ4v) is 6.65. The number of fused-ring (bicyclic) bond motifs is 1. The molecule has 4 aromatic carbocycles. The zero-order valence-electron chi connectivity index (χ0n) is 23.6. The minimum atomic E-state index is -0.763. The van der Waals surface area contributed by atoms with Crippen LogP contribution in [0.25, 0.3) is 11.8 Å². The normalized spacial score (nSPS) is 14.6. The maximum absolute atomic E-state index is 14.1. The largest absolute Gasteiger partial charge is 0.488 e. The Kier molecular flexibility index (Phi) is 8.93. The van der Waals surface area contributed by atoms with Gasteiger partial charge < -0.3 is 9.47 Å². The molecule has 5 aromatic rings. The zero-order chi connectivity index (χ0) is 30.6. The molecule has 0 N–H and O–H groups in total. The molecule has 9 heteroatoms. The van der Waals surface area contributed by atoms with Gasteiger partial charge >= 0.3 is 5.97 Å². The van der Waals surface area contributed by atoms with Crippen LogP contribution in [0.1, 0.15) is 35.2 Å². The first-order chi connectivity index (χ1) is 21.4. The van der Waals surface area contributed by atoms with E-state index in [-0.39, 0.29) is 12.2 Å². The lowest BCUT2D eigenvalue weighted by molar-refractivity contribution is -0.138. The third kappa shape index (κ3) is 6.19. The summed E-state index contributed by atoms with van der Waals surface area (Å²) in [5, 5.41) is 0.549. The SMILES string of the molecule is CCOC(=O)C1=C(c2ccccc2)N=c2sc(=Cc3ccc(OCc4ccccc4)c(Br)c3)c(=O)n2[C@H]1c1ccc(Cl)cc1. The van der Waals surface area contributed by atoms with E-state index in [0.29, 0.717) is 38.0 Å². The number of rotatable bonds is 8. The van der Waals surface area contributed by atoms with E-state index in [1.807, 2.05) is 97.1 Å². The van der Waals surface area contributed by atoms with Crippen molar-refractivity contribution in [3.05, 3.63) is 160 Å². The average molecular weight is 686 g/mol. The molecule has 0 spiro atoms. The summed E-state index contributed by atoms with van der Waals surface area (Å²) in [4.78, 5) is 33.0. The second-order valence-corrected chi connectivity index (χ2v) is 12.2. The van der Waals surface area contributed by atoms with Gasteiger partial charge in [0.05, 0.1) is 32.9 Å². The van der Waals surface area contributed by atoms with Crippen molar-refractivity contribution in [2.45, 2.75) is 19.6 Å². The van der Waals surface area contributed by atoms with E-state index in [2.05, 4.69) is 15.9 Å². The molecular formula is C35H26BrClN2O4S. The minimum absolute atomic E-state index is 0.183. The Balaban J connectivity index is 1.47. The molecule has 0 saturated heterocycles. The summed E-state index contributed by atoms with van der Waals surface area (Å²) in [6, 6.07) is 31.5. The van der Waals surface area contributed by atoms with Crippen LogP contribution in [0.3, 0.4) is 0 Å². The van der Waals surface area contributed by atoms with E-state index in [1.54, 1.807) is 23.6 Å². The van der Waals surface area contributed by atoms with Crippen LogP contribution < -0.4 is 19.6 Å². The smallest absolute Gasteiger partial charge is 0.338 e. The fourth-order valence-electron chi connectivity index (χ4n) is 5.01. The Morgan fingerprint density at radius 3 is 2.39 bits per heavy atom. The first-order valence-electron chi connectivity index (χ1n) is 13.9.